The smallest absolute Gasteiger partial charge is 0.337 e. The molecule has 1 heterocycles. The van der Waals surface area contributed by atoms with Crippen molar-refractivity contribution in [1.82, 2.24) is 0 Å². The van der Waals surface area contributed by atoms with Crippen molar-refractivity contribution in [2.45, 2.75) is 33.2 Å². The van der Waals surface area contributed by atoms with Crippen LogP contribution in [-0.4, -0.2) is 32.0 Å². The molecule has 6 nitrogen and oxygen atoms in total. The Labute approximate surface area is 176 Å². The second-order valence-corrected chi connectivity index (χ2v) is 7.40. The van der Waals surface area contributed by atoms with E-state index in [1.165, 1.54) is 18.1 Å². The van der Waals surface area contributed by atoms with Crippen LogP contribution in [0, 0.1) is 0 Å². The fraction of sp³-hybridized carbons (Fsp3) is 0.333. The van der Waals surface area contributed by atoms with Gasteiger partial charge in [-0.05, 0) is 42.7 Å². The number of Topliss-reactive ketones (excluding diaryl/α,β-unsaturated/α-hetero) is 1. The van der Waals surface area contributed by atoms with Crippen LogP contribution in [0.15, 0.2) is 42.2 Å². The van der Waals surface area contributed by atoms with Gasteiger partial charge in [0.15, 0.2) is 5.76 Å². The van der Waals surface area contributed by atoms with Gasteiger partial charge in [-0.1, -0.05) is 37.8 Å². The number of nitrogens with one attached hydrogen (secondary N) is 1. The molecule has 0 atom stereocenters. The van der Waals surface area contributed by atoms with E-state index in [0.717, 1.165) is 25.9 Å². The predicted molar refractivity (Wildman–Crippen MR) is 112 cm³/mol. The standard InChI is InChI=1S/C24H27NO5/c1-4-12-25(13-5-2)15-19-20(26)11-10-18-22(27)21(30-23(18)19)14-16-6-8-17(9-7-16)24(28)29-3/h6-11,14,26H,4-5,12-13,15H2,1-3H3/b21-14-. The number of carbonyl (C=O) groups is 2. The van der Waals surface area contributed by atoms with E-state index in [4.69, 9.17) is 9.47 Å². The molecule has 0 aromatic heterocycles. The number of allylic oxidation sites excluding steroid dienone is 1. The Morgan fingerprint density at radius 1 is 1.10 bits per heavy atom. The van der Waals surface area contributed by atoms with Crippen LogP contribution in [0.1, 0.15) is 58.5 Å². The molecule has 0 amide bonds. The molecule has 1 N–H and O–H groups in total. The number of ketones is 1. The number of methoxy groups -OCH3 is 1. The monoisotopic (exact) mass is 409 g/mol. The van der Waals surface area contributed by atoms with Gasteiger partial charge in [-0.25, -0.2) is 4.79 Å². The van der Waals surface area contributed by atoms with Gasteiger partial charge in [0.2, 0.25) is 5.78 Å². The van der Waals surface area contributed by atoms with Crippen LogP contribution in [0.5, 0.6) is 11.5 Å². The lowest BCUT2D eigenvalue weighted by Crippen LogP contribution is -3.10. The first-order valence-electron chi connectivity index (χ1n) is 10.3. The zero-order valence-corrected chi connectivity index (χ0v) is 17.6. The zero-order chi connectivity index (χ0) is 21.7. The summed E-state index contributed by atoms with van der Waals surface area (Å²) in [6.07, 6.45) is 3.66. The van der Waals surface area contributed by atoms with Gasteiger partial charge in [-0.2, -0.15) is 0 Å². The molecule has 3 rings (SSSR count). The van der Waals surface area contributed by atoms with Crippen molar-refractivity contribution < 1.29 is 29.1 Å². The van der Waals surface area contributed by atoms with Crippen molar-refractivity contribution in [1.29, 1.82) is 0 Å². The second kappa shape index (κ2) is 9.59. The highest BCUT2D eigenvalue weighted by Crippen LogP contribution is 2.38. The summed E-state index contributed by atoms with van der Waals surface area (Å²) in [6, 6.07) is 9.69. The Balaban J connectivity index is 1.88. The first kappa shape index (κ1) is 21.6. The van der Waals surface area contributed by atoms with E-state index in [0.29, 0.717) is 34.5 Å². The zero-order valence-electron chi connectivity index (χ0n) is 17.6. The number of rotatable bonds is 8. The second-order valence-electron chi connectivity index (χ2n) is 7.40. The molecule has 0 unspecified atom stereocenters. The molecule has 2 aromatic carbocycles. The average Bonchev–Trinajstić information content (AvgIpc) is 3.06. The number of fused-ring (bicyclic) bond motifs is 1. The Morgan fingerprint density at radius 3 is 2.37 bits per heavy atom. The van der Waals surface area contributed by atoms with Crippen LogP contribution in [0.4, 0.5) is 0 Å². The average molecular weight is 409 g/mol. The minimum Gasteiger partial charge on any atom is -0.872 e. The third-order valence-corrected chi connectivity index (χ3v) is 5.16. The van der Waals surface area contributed by atoms with Crippen molar-refractivity contribution in [2.24, 2.45) is 0 Å². The van der Waals surface area contributed by atoms with E-state index in [1.807, 2.05) is 0 Å². The molecule has 0 radical (unpaired) electrons. The summed E-state index contributed by atoms with van der Waals surface area (Å²) in [5, 5.41) is 12.6. The number of ether oxygens (including phenoxy) is 2. The van der Waals surface area contributed by atoms with Crippen molar-refractivity contribution in [3.8, 4) is 11.5 Å². The van der Waals surface area contributed by atoms with Crippen LogP contribution in [0.2, 0.25) is 0 Å². The lowest BCUT2D eigenvalue weighted by molar-refractivity contribution is -0.914. The van der Waals surface area contributed by atoms with Gasteiger partial charge in [0, 0.05) is 5.56 Å². The summed E-state index contributed by atoms with van der Waals surface area (Å²) < 4.78 is 10.6. The quantitative estimate of drug-likeness (QED) is 0.535. The highest BCUT2D eigenvalue weighted by Gasteiger charge is 2.31. The molecule has 0 bridgehead atoms. The molecule has 1 aliphatic rings. The summed E-state index contributed by atoms with van der Waals surface area (Å²) >= 11 is 0. The van der Waals surface area contributed by atoms with Crippen LogP contribution in [0.25, 0.3) is 6.08 Å². The molecular weight excluding hydrogens is 382 g/mol. The minimum absolute atomic E-state index is 0.102. The van der Waals surface area contributed by atoms with Crippen LogP contribution >= 0.6 is 0 Å². The number of quaternary nitrogens is 1. The Bertz CT molecular complexity index is 956. The molecule has 30 heavy (non-hydrogen) atoms. The first-order chi connectivity index (χ1) is 14.5. The van der Waals surface area contributed by atoms with E-state index >= 15 is 0 Å². The molecule has 0 saturated carbocycles. The molecule has 1 aliphatic heterocycles. The molecule has 0 aliphatic carbocycles. The summed E-state index contributed by atoms with van der Waals surface area (Å²) in [4.78, 5) is 25.7. The number of hydrogen-bond acceptors (Lipinski definition) is 5. The summed E-state index contributed by atoms with van der Waals surface area (Å²) in [5.41, 5.74) is 2.12. The van der Waals surface area contributed by atoms with E-state index in [-0.39, 0.29) is 17.3 Å². The highest BCUT2D eigenvalue weighted by atomic mass is 16.5. The van der Waals surface area contributed by atoms with E-state index in [9.17, 15) is 14.7 Å². The minimum atomic E-state index is -0.423. The number of esters is 1. The van der Waals surface area contributed by atoms with Gasteiger partial charge in [0.25, 0.3) is 0 Å². The maximum Gasteiger partial charge on any atom is 0.337 e. The van der Waals surface area contributed by atoms with Gasteiger partial charge in [0.1, 0.15) is 12.3 Å². The van der Waals surface area contributed by atoms with Crippen molar-refractivity contribution in [3.63, 3.8) is 0 Å². The Kier molecular flexibility index (Phi) is 6.90. The van der Waals surface area contributed by atoms with Crippen LogP contribution < -0.4 is 14.7 Å². The first-order valence-corrected chi connectivity index (χ1v) is 10.3. The molecule has 2 aromatic rings. The highest BCUT2D eigenvalue weighted by molar-refractivity contribution is 6.15. The Hall–Kier alpha value is -3.12. The molecule has 0 spiro atoms. The third kappa shape index (κ3) is 4.54. The topological polar surface area (TPSA) is 80.1 Å². The molecule has 0 fully saturated rings. The molecule has 6 heteroatoms. The van der Waals surface area contributed by atoms with Gasteiger partial charge >= 0.3 is 5.97 Å². The number of hydrogen-bond donors (Lipinski definition) is 1. The normalized spacial score (nSPS) is 14.1. The van der Waals surface area contributed by atoms with Crippen LogP contribution in [0.3, 0.4) is 0 Å². The van der Waals surface area contributed by atoms with Gasteiger partial charge in [-0.15, -0.1) is 0 Å². The van der Waals surface area contributed by atoms with E-state index < -0.39 is 5.97 Å². The lowest BCUT2D eigenvalue weighted by atomic mass is 10.0. The molecule has 0 saturated heterocycles. The number of benzene rings is 2. The fourth-order valence-corrected chi connectivity index (χ4v) is 3.70. The fourth-order valence-electron chi connectivity index (χ4n) is 3.70. The predicted octanol–water partition coefficient (Wildman–Crippen LogP) is 2.37. The lowest BCUT2D eigenvalue weighted by Gasteiger charge is -2.23. The largest absolute Gasteiger partial charge is 0.872 e. The van der Waals surface area contributed by atoms with Crippen molar-refractivity contribution in [3.05, 3.63) is 64.4 Å². The summed E-state index contributed by atoms with van der Waals surface area (Å²) in [7, 11) is 1.33. The number of carbonyl (C=O) groups excluding carboxylic acids is 2. The maximum atomic E-state index is 12.8. The van der Waals surface area contributed by atoms with Crippen LogP contribution in [-0.2, 0) is 11.3 Å². The van der Waals surface area contributed by atoms with Gasteiger partial charge in [0.05, 0.1) is 31.3 Å². The SMILES string of the molecule is CCC[NH+](CCC)Cc1c([O-])ccc2c1O/C(=C\c1ccc(C(=O)OC)cc1)C2=O. The summed E-state index contributed by atoms with van der Waals surface area (Å²) in [5.74, 6) is -0.204. The molecule has 158 valence electrons. The maximum absolute atomic E-state index is 12.8. The molecular formula is C24H27NO5. The van der Waals surface area contributed by atoms with Crippen molar-refractivity contribution >= 4 is 17.8 Å². The Morgan fingerprint density at radius 2 is 1.77 bits per heavy atom. The van der Waals surface area contributed by atoms with Gasteiger partial charge < -0.3 is 19.5 Å². The van der Waals surface area contributed by atoms with Gasteiger partial charge in [-0.3, -0.25) is 4.79 Å². The third-order valence-electron chi connectivity index (χ3n) is 5.16. The van der Waals surface area contributed by atoms with Crippen molar-refractivity contribution in [2.75, 3.05) is 20.2 Å². The van der Waals surface area contributed by atoms with E-state index in [1.54, 1.807) is 36.4 Å². The summed E-state index contributed by atoms with van der Waals surface area (Å²) in [6.45, 7) is 6.70. The van der Waals surface area contributed by atoms with E-state index in [2.05, 4.69) is 13.8 Å².